The molecule has 0 bridgehead atoms. The highest BCUT2D eigenvalue weighted by atomic mass is 16.3. The van der Waals surface area contributed by atoms with E-state index >= 15 is 0 Å². The van der Waals surface area contributed by atoms with Crippen molar-refractivity contribution in [2.75, 3.05) is 19.6 Å². The molecular weight excluding hydrogens is 164 g/mol. The summed E-state index contributed by atoms with van der Waals surface area (Å²) in [6, 6.07) is 2.34. The van der Waals surface area contributed by atoms with E-state index in [9.17, 15) is 5.11 Å². The predicted molar refractivity (Wildman–Crippen MR) is 51.1 cm³/mol. The second kappa shape index (κ2) is 4.08. The summed E-state index contributed by atoms with van der Waals surface area (Å²) in [7, 11) is 0. The average molecular weight is 182 g/mol. The van der Waals surface area contributed by atoms with Gasteiger partial charge in [0.25, 0.3) is 0 Å². The van der Waals surface area contributed by atoms with Gasteiger partial charge in [0.2, 0.25) is 0 Å². The Kier molecular flexibility index (Phi) is 3.29. The van der Waals surface area contributed by atoms with E-state index in [2.05, 4.69) is 11.0 Å². The van der Waals surface area contributed by atoms with Crippen molar-refractivity contribution in [3.63, 3.8) is 0 Å². The molecular formula is C10H18N2O. The number of rotatable bonds is 3. The van der Waals surface area contributed by atoms with Gasteiger partial charge in [-0.15, -0.1) is 0 Å². The van der Waals surface area contributed by atoms with Crippen molar-refractivity contribution in [1.29, 1.82) is 5.26 Å². The van der Waals surface area contributed by atoms with Crippen LogP contribution in [0.25, 0.3) is 0 Å². The number of nitriles is 1. The maximum Gasteiger partial charge on any atom is 0.0700 e. The highest BCUT2D eigenvalue weighted by molar-refractivity contribution is 5.02. The van der Waals surface area contributed by atoms with E-state index in [0.29, 0.717) is 6.54 Å². The quantitative estimate of drug-likeness (QED) is 0.708. The lowest BCUT2D eigenvalue weighted by Crippen LogP contribution is -2.31. The van der Waals surface area contributed by atoms with Gasteiger partial charge < -0.3 is 5.11 Å². The molecule has 0 aromatic heterocycles. The van der Waals surface area contributed by atoms with Crippen molar-refractivity contribution in [1.82, 2.24) is 4.90 Å². The minimum absolute atomic E-state index is 0.187. The van der Waals surface area contributed by atoms with Crippen molar-refractivity contribution in [2.24, 2.45) is 5.41 Å². The van der Waals surface area contributed by atoms with Crippen molar-refractivity contribution < 1.29 is 5.11 Å². The molecule has 3 heteroatoms. The van der Waals surface area contributed by atoms with Crippen LogP contribution in [0.3, 0.4) is 0 Å². The average Bonchev–Trinajstić information content (AvgIpc) is 2.48. The van der Waals surface area contributed by atoms with Crippen LogP contribution in [0.2, 0.25) is 0 Å². The first-order valence-corrected chi connectivity index (χ1v) is 4.91. The first kappa shape index (κ1) is 10.5. The fourth-order valence-corrected chi connectivity index (χ4v) is 1.73. The SMILES string of the molecule is CCC(O)CN1CCC(C)(C#N)C1. The van der Waals surface area contributed by atoms with E-state index in [1.54, 1.807) is 0 Å². The Morgan fingerprint density at radius 3 is 2.85 bits per heavy atom. The van der Waals surface area contributed by atoms with Crippen LogP contribution < -0.4 is 0 Å². The molecule has 1 saturated heterocycles. The molecule has 0 aromatic carbocycles. The van der Waals surface area contributed by atoms with Crippen LogP contribution in [0.1, 0.15) is 26.7 Å². The number of aliphatic hydroxyl groups excluding tert-OH is 1. The molecule has 2 atom stereocenters. The number of nitrogens with zero attached hydrogens (tertiary/aromatic N) is 2. The fraction of sp³-hybridized carbons (Fsp3) is 0.900. The van der Waals surface area contributed by atoms with Crippen LogP contribution in [-0.2, 0) is 0 Å². The van der Waals surface area contributed by atoms with Gasteiger partial charge in [0.15, 0.2) is 0 Å². The molecule has 0 aromatic rings. The third kappa shape index (κ3) is 2.68. The van der Waals surface area contributed by atoms with E-state index in [1.807, 2.05) is 13.8 Å². The topological polar surface area (TPSA) is 47.3 Å². The smallest absolute Gasteiger partial charge is 0.0700 e. The van der Waals surface area contributed by atoms with Crippen LogP contribution in [0, 0.1) is 16.7 Å². The van der Waals surface area contributed by atoms with Crippen molar-refractivity contribution in [2.45, 2.75) is 32.8 Å². The summed E-state index contributed by atoms with van der Waals surface area (Å²) < 4.78 is 0. The van der Waals surface area contributed by atoms with Gasteiger partial charge in [-0.1, -0.05) is 6.92 Å². The molecule has 0 aliphatic carbocycles. The molecule has 0 spiro atoms. The van der Waals surface area contributed by atoms with Crippen molar-refractivity contribution in [3.8, 4) is 6.07 Å². The zero-order valence-corrected chi connectivity index (χ0v) is 8.45. The largest absolute Gasteiger partial charge is 0.392 e. The van der Waals surface area contributed by atoms with Gasteiger partial charge in [0.1, 0.15) is 0 Å². The minimum Gasteiger partial charge on any atom is -0.392 e. The Labute approximate surface area is 80.0 Å². The molecule has 1 heterocycles. The highest BCUT2D eigenvalue weighted by Gasteiger charge is 2.33. The predicted octanol–water partition coefficient (Wildman–Crippen LogP) is 0.993. The van der Waals surface area contributed by atoms with E-state index in [0.717, 1.165) is 25.9 Å². The monoisotopic (exact) mass is 182 g/mol. The lowest BCUT2D eigenvalue weighted by molar-refractivity contribution is 0.118. The Hall–Kier alpha value is -0.590. The normalized spacial score (nSPS) is 31.5. The van der Waals surface area contributed by atoms with Gasteiger partial charge >= 0.3 is 0 Å². The van der Waals surface area contributed by atoms with E-state index in [-0.39, 0.29) is 11.5 Å². The summed E-state index contributed by atoms with van der Waals surface area (Å²) in [6.45, 7) is 6.44. The fourth-order valence-electron chi connectivity index (χ4n) is 1.73. The van der Waals surface area contributed by atoms with Gasteiger partial charge in [0.05, 0.1) is 17.6 Å². The second-order valence-corrected chi connectivity index (χ2v) is 4.22. The molecule has 2 unspecified atom stereocenters. The van der Waals surface area contributed by atoms with Crippen LogP contribution in [0.5, 0.6) is 0 Å². The van der Waals surface area contributed by atoms with Gasteiger partial charge in [-0.05, 0) is 26.3 Å². The number of hydrogen-bond donors (Lipinski definition) is 1. The zero-order valence-electron chi connectivity index (χ0n) is 8.45. The number of β-amino-alcohol motifs (C(OH)–C–C–N with tert-alkyl or cyclic N) is 1. The third-order valence-corrected chi connectivity index (χ3v) is 2.76. The Bertz CT molecular complexity index is 211. The summed E-state index contributed by atoms with van der Waals surface area (Å²) >= 11 is 0. The second-order valence-electron chi connectivity index (χ2n) is 4.22. The van der Waals surface area contributed by atoms with Crippen LogP contribution >= 0.6 is 0 Å². The van der Waals surface area contributed by atoms with Crippen LogP contribution in [-0.4, -0.2) is 35.7 Å². The summed E-state index contributed by atoms with van der Waals surface area (Å²) in [5, 5.41) is 18.3. The summed E-state index contributed by atoms with van der Waals surface area (Å²) in [6.07, 6.45) is 1.49. The molecule has 1 fully saturated rings. The molecule has 1 rings (SSSR count). The first-order valence-electron chi connectivity index (χ1n) is 4.91. The van der Waals surface area contributed by atoms with Gasteiger partial charge in [-0.2, -0.15) is 5.26 Å². The minimum atomic E-state index is -0.235. The summed E-state index contributed by atoms with van der Waals surface area (Å²) in [4.78, 5) is 2.18. The van der Waals surface area contributed by atoms with Crippen LogP contribution in [0.4, 0.5) is 0 Å². The Morgan fingerprint density at radius 1 is 1.69 bits per heavy atom. The zero-order chi connectivity index (χ0) is 9.90. The van der Waals surface area contributed by atoms with Gasteiger partial charge in [-0.3, -0.25) is 4.90 Å². The molecule has 13 heavy (non-hydrogen) atoms. The van der Waals surface area contributed by atoms with Crippen LogP contribution in [0.15, 0.2) is 0 Å². The van der Waals surface area contributed by atoms with Gasteiger partial charge in [-0.25, -0.2) is 0 Å². The Morgan fingerprint density at radius 2 is 2.38 bits per heavy atom. The molecule has 0 amide bonds. The Balaban J connectivity index is 2.38. The van der Waals surface area contributed by atoms with Crippen molar-refractivity contribution >= 4 is 0 Å². The molecule has 1 aliphatic rings. The number of likely N-dealkylation sites (tertiary alicyclic amines) is 1. The molecule has 1 N–H and O–H groups in total. The third-order valence-electron chi connectivity index (χ3n) is 2.76. The summed E-state index contributed by atoms with van der Waals surface area (Å²) in [5.74, 6) is 0. The van der Waals surface area contributed by atoms with E-state index in [1.165, 1.54) is 0 Å². The standard InChI is InChI=1S/C10H18N2O/c1-3-9(13)6-12-5-4-10(2,7-11)8-12/h9,13H,3-6,8H2,1-2H3. The number of aliphatic hydroxyl groups is 1. The first-order chi connectivity index (χ1) is 6.09. The maximum atomic E-state index is 9.44. The van der Waals surface area contributed by atoms with E-state index in [4.69, 9.17) is 5.26 Å². The summed E-state index contributed by atoms with van der Waals surface area (Å²) in [5.41, 5.74) is -0.187. The lowest BCUT2D eigenvalue weighted by Gasteiger charge is -2.20. The molecule has 3 nitrogen and oxygen atoms in total. The van der Waals surface area contributed by atoms with Crippen molar-refractivity contribution in [3.05, 3.63) is 0 Å². The molecule has 1 aliphatic heterocycles. The number of hydrogen-bond acceptors (Lipinski definition) is 3. The van der Waals surface area contributed by atoms with E-state index < -0.39 is 0 Å². The maximum absolute atomic E-state index is 9.44. The molecule has 0 saturated carbocycles. The molecule has 74 valence electrons. The lowest BCUT2D eigenvalue weighted by atomic mass is 9.92. The molecule has 0 radical (unpaired) electrons. The highest BCUT2D eigenvalue weighted by Crippen LogP contribution is 2.28. The van der Waals surface area contributed by atoms with Gasteiger partial charge in [0, 0.05) is 13.1 Å².